The number of carbonyl (C=O) groups is 4. The number of urea groups is 1. The minimum absolute atomic E-state index is 0.261. The molecule has 2 fully saturated rings. The summed E-state index contributed by atoms with van der Waals surface area (Å²) in [4.78, 5) is 52.1. The van der Waals surface area contributed by atoms with Gasteiger partial charge in [-0.1, -0.05) is 44.2 Å². The van der Waals surface area contributed by atoms with Gasteiger partial charge in [-0.25, -0.2) is 4.79 Å². The fourth-order valence-electron chi connectivity index (χ4n) is 4.08. The van der Waals surface area contributed by atoms with Crippen molar-refractivity contribution in [3.63, 3.8) is 0 Å². The molecule has 0 saturated carbocycles. The molecule has 3 unspecified atom stereocenters. The fraction of sp³-hybridized carbons (Fsp3) is 0.524. The van der Waals surface area contributed by atoms with Crippen molar-refractivity contribution in [2.75, 3.05) is 26.2 Å². The Bertz CT molecular complexity index is 802. The smallest absolute Gasteiger partial charge is 0.326 e. The Labute approximate surface area is 170 Å². The number of piperidine rings is 1. The van der Waals surface area contributed by atoms with Crippen molar-refractivity contribution in [2.45, 2.75) is 32.7 Å². The highest BCUT2D eigenvalue weighted by atomic mass is 16.5. The molecule has 29 heavy (non-hydrogen) atoms. The van der Waals surface area contributed by atoms with E-state index in [1.807, 2.05) is 6.07 Å². The van der Waals surface area contributed by atoms with Crippen molar-refractivity contribution >= 4 is 23.8 Å². The van der Waals surface area contributed by atoms with Gasteiger partial charge in [0.05, 0.1) is 0 Å². The predicted molar refractivity (Wildman–Crippen MR) is 105 cm³/mol. The van der Waals surface area contributed by atoms with Gasteiger partial charge in [-0.2, -0.15) is 0 Å². The van der Waals surface area contributed by atoms with E-state index in [4.69, 9.17) is 4.74 Å². The van der Waals surface area contributed by atoms with Gasteiger partial charge in [0.25, 0.3) is 11.8 Å². The van der Waals surface area contributed by atoms with Gasteiger partial charge >= 0.3 is 12.0 Å². The first kappa shape index (κ1) is 20.8. The number of amides is 4. The third-order valence-electron chi connectivity index (χ3n) is 5.49. The largest absolute Gasteiger partial charge is 0.454 e. The Hall–Kier alpha value is -2.90. The van der Waals surface area contributed by atoms with E-state index in [0.29, 0.717) is 30.5 Å². The Morgan fingerprint density at radius 1 is 1.14 bits per heavy atom. The summed E-state index contributed by atoms with van der Waals surface area (Å²) in [5.41, 5.74) is -0.619. The third kappa shape index (κ3) is 4.41. The van der Waals surface area contributed by atoms with Crippen LogP contribution in [0.2, 0.25) is 0 Å². The Morgan fingerprint density at radius 3 is 2.38 bits per heavy atom. The number of ether oxygens (including phenoxy) is 1. The molecule has 8 heteroatoms. The van der Waals surface area contributed by atoms with Crippen LogP contribution in [0.1, 0.15) is 32.8 Å². The highest BCUT2D eigenvalue weighted by molar-refractivity contribution is 6.08. The molecule has 1 aromatic rings. The van der Waals surface area contributed by atoms with Crippen molar-refractivity contribution in [3.05, 3.63) is 35.9 Å². The number of carbonyl (C=O) groups excluding carboxylic acids is 4. The summed E-state index contributed by atoms with van der Waals surface area (Å²) in [6.45, 7) is 6.13. The second-order valence-electron chi connectivity index (χ2n) is 8.22. The average molecular weight is 401 g/mol. The maximum absolute atomic E-state index is 12.8. The van der Waals surface area contributed by atoms with Crippen molar-refractivity contribution < 1.29 is 23.9 Å². The van der Waals surface area contributed by atoms with Gasteiger partial charge in [0.2, 0.25) is 0 Å². The average Bonchev–Trinajstić information content (AvgIpc) is 2.90. The number of hydrogen-bond donors (Lipinski definition) is 1. The molecule has 0 bridgehead atoms. The molecule has 8 nitrogen and oxygen atoms in total. The van der Waals surface area contributed by atoms with Gasteiger partial charge in [0.1, 0.15) is 12.1 Å². The number of likely N-dealkylation sites (tertiary alicyclic amines) is 1. The third-order valence-corrected chi connectivity index (χ3v) is 5.49. The normalized spacial score (nSPS) is 27.0. The quantitative estimate of drug-likeness (QED) is 0.596. The molecule has 156 valence electrons. The minimum atomic E-state index is -1.24. The number of hydrogen-bond acceptors (Lipinski definition) is 5. The van der Waals surface area contributed by atoms with E-state index in [-0.39, 0.29) is 5.91 Å². The van der Waals surface area contributed by atoms with E-state index >= 15 is 0 Å². The predicted octanol–water partition coefficient (Wildman–Crippen LogP) is 1.50. The fourth-order valence-corrected chi connectivity index (χ4v) is 4.08. The molecular weight excluding hydrogens is 374 g/mol. The number of benzene rings is 1. The van der Waals surface area contributed by atoms with E-state index < -0.39 is 36.6 Å². The topological polar surface area (TPSA) is 96.0 Å². The van der Waals surface area contributed by atoms with E-state index in [9.17, 15) is 19.2 Å². The summed E-state index contributed by atoms with van der Waals surface area (Å²) in [5.74, 6) is -0.782. The Balaban J connectivity index is 1.56. The SMILES string of the molecule is CC1CC(C)CN(C(=O)COC(=O)CN2C(=O)NC(C)(c3ccccc3)C2=O)C1. The van der Waals surface area contributed by atoms with Gasteiger partial charge in [0, 0.05) is 13.1 Å². The number of nitrogens with one attached hydrogen (secondary N) is 1. The van der Waals surface area contributed by atoms with Crippen molar-refractivity contribution in [1.82, 2.24) is 15.1 Å². The molecule has 2 heterocycles. The summed E-state index contributed by atoms with van der Waals surface area (Å²) in [5, 5.41) is 2.63. The van der Waals surface area contributed by atoms with Crippen LogP contribution in [0.15, 0.2) is 30.3 Å². The second kappa shape index (κ2) is 8.23. The Morgan fingerprint density at radius 2 is 1.76 bits per heavy atom. The standard InChI is InChI=1S/C21H27N3O5/c1-14-9-15(2)11-23(10-14)17(25)13-29-18(26)12-24-19(27)21(3,22-20(24)28)16-7-5-4-6-8-16/h4-8,14-15H,9-13H2,1-3H3,(H,22,28). The molecule has 2 saturated heterocycles. The van der Waals surface area contributed by atoms with E-state index in [1.54, 1.807) is 36.1 Å². The molecule has 2 aliphatic rings. The first-order valence-corrected chi connectivity index (χ1v) is 9.83. The number of imide groups is 1. The molecule has 1 aromatic carbocycles. The molecule has 4 amide bonds. The molecule has 2 aliphatic heterocycles. The lowest BCUT2D eigenvalue weighted by Gasteiger charge is -2.34. The van der Waals surface area contributed by atoms with Crippen LogP contribution in [0.4, 0.5) is 4.79 Å². The van der Waals surface area contributed by atoms with Crippen LogP contribution >= 0.6 is 0 Å². The number of nitrogens with zero attached hydrogens (tertiary/aromatic N) is 2. The van der Waals surface area contributed by atoms with Gasteiger partial charge in [-0.3, -0.25) is 19.3 Å². The summed E-state index contributed by atoms with van der Waals surface area (Å²) >= 11 is 0. The summed E-state index contributed by atoms with van der Waals surface area (Å²) < 4.78 is 5.06. The van der Waals surface area contributed by atoms with Gasteiger partial charge in [-0.05, 0) is 30.7 Å². The summed E-state index contributed by atoms with van der Waals surface area (Å²) in [6.07, 6.45) is 1.07. The van der Waals surface area contributed by atoms with Crippen molar-refractivity contribution in [2.24, 2.45) is 11.8 Å². The lowest BCUT2D eigenvalue weighted by atomic mass is 9.92. The number of rotatable bonds is 5. The van der Waals surface area contributed by atoms with Gasteiger partial charge < -0.3 is 15.0 Å². The zero-order chi connectivity index (χ0) is 21.2. The lowest BCUT2D eigenvalue weighted by Crippen LogP contribution is -2.45. The first-order valence-electron chi connectivity index (χ1n) is 9.83. The monoisotopic (exact) mass is 401 g/mol. The van der Waals surface area contributed by atoms with Gasteiger partial charge in [0.15, 0.2) is 6.61 Å². The zero-order valence-electron chi connectivity index (χ0n) is 17.0. The lowest BCUT2D eigenvalue weighted by molar-refractivity contribution is -0.154. The van der Waals surface area contributed by atoms with E-state index in [1.165, 1.54) is 0 Å². The van der Waals surface area contributed by atoms with Crippen molar-refractivity contribution in [3.8, 4) is 0 Å². The van der Waals surface area contributed by atoms with Crippen LogP contribution < -0.4 is 5.32 Å². The molecule has 0 aliphatic carbocycles. The summed E-state index contributed by atoms with van der Waals surface area (Å²) in [7, 11) is 0. The molecule has 3 atom stereocenters. The van der Waals surface area contributed by atoms with Crippen LogP contribution in [0.5, 0.6) is 0 Å². The second-order valence-corrected chi connectivity index (χ2v) is 8.22. The summed E-state index contributed by atoms with van der Waals surface area (Å²) in [6, 6.07) is 8.15. The van der Waals surface area contributed by atoms with Gasteiger partial charge in [-0.15, -0.1) is 0 Å². The minimum Gasteiger partial charge on any atom is -0.454 e. The molecular formula is C21H27N3O5. The van der Waals surface area contributed by atoms with E-state index in [0.717, 1.165) is 11.3 Å². The van der Waals surface area contributed by atoms with E-state index in [2.05, 4.69) is 19.2 Å². The Kier molecular flexibility index (Phi) is 5.91. The highest BCUT2D eigenvalue weighted by Crippen LogP contribution is 2.28. The first-order chi connectivity index (χ1) is 13.7. The maximum atomic E-state index is 12.8. The van der Waals surface area contributed by atoms with Crippen LogP contribution in [0.3, 0.4) is 0 Å². The molecule has 1 N–H and O–H groups in total. The van der Waals surface area contributed by atoms with Crippen LogP contribution in [-0.2, 0) is 24.7 Å². The van der Waals surface area contributed by atoms with Crippen LogP contribution in [0.25, 0.3) is 0 Å². The van der Waals surface area contributed by atoms with Crippen molar-refractivity contribution in [1.29, 1.82) is 0 Å². The molecule has 3 rings (SSSR count). The highest BCUT2D eigenvalue weighted by Gasteiger charge is 2.49. The molecule has 0 aromatic heterocycles. The molecule has 0 spiro atoms. The maximum Gasteiger partial charge on any atom is 0.326 e. The molecule has 0 radical (unpaired) electrons. The van der Waals surface area contributed by atoms with Crippen LogP contribution in [-0.4, -0.2) is 59.9 Å². The van der Waals surface area contributed by atoms with Crippen LogP contribution in [0, 0.1) is 11.8 Å². The number of esters is 1. The zero-order valence-corrected chi connectivity index (χ0v) is 17.0.